The van der Waals surface area contributed by atoms with Crippen molar-refractivity contribution in [3.8, 4) is 0 Å². The van der Waals surface area contributed by atoms with Crippen LogP contribution in [0.4, 0.5) is 0 Å². The van der Waals surface area contributed by atoms with E-state index in [9.17, 15) is 13.2 Å². The molecule has 0 radical (unpaired) electrons. The van der Waals surface area contributed by atoms with Crippen LogP contribution in [0.15, 0.2) is 46.7 Å². The van der Waals surface area contributed by atoms with E-state index in [1.54, 1.807) is 18.2 Å². The van der Waals surface area contributed by atoms with Crippen molar-refractivity contribution in [3.05, 3.63) is 47.3 Å². The maximum atomic E-state index is 11.8. The predicted octanol–water partition coefficient (Wildman–Crippen LogP) is 0.818. The van der Waals surface area contributed by atoms with Crippen molar-refractivity contribution >= 4 is 21.5 Å². The number of rotatable bonds is 4. The van der Waals surface area contributed by atoms with Gasteiger partial charge in [0.1, 0.15) is 0 Å². The van der Waals surface area contributed by atoms with Gasteiger partial charge >= 0.3 is 11.7 Å². The number of sulfone groups is 1. The first-order chi connectivity index (χ1) is 8.51. The standard InChI is InChI=1S/C11H10N2O4S/c1-17-11(14)10(13-12)7-8-18(15,16)9-5-3-2-4-6-9/h2-8H,1H3/b8-7+. The fourth-order valence-corrected chi connectivity index (χ4v) is 2.09. The minimum absolute atomic E-state index is 0.0726. The molecule has 0 heterocycles. The molecule has 0 N–H and O–H groups in total. The van der Waals surface area contributed by atoms with E-state index in [1.165, 1.54) is 12.1 Å². The van der Waals surface area contributed by atoms with Crippen molar-refractivity contribution in [1.29, 1.82) is 0 Å². The molecule has 7 heteroatoms. The van der Waals surface area contributed by atoms with E-state index in [2.05, 4.69) is 9.53 Å². The van der Waals surface area contributed by atoms with E-state index in [0.29, 0.717) is 0 Å². The molecule has 1 aromatic rings. The second-order valence-corrected chi connectivity index (χ2v) is 4.97. The number of nitrogens with zero attached hydrogens (tertiary/aromatic N) is 2. The number of carbonyl (C=O) groups is 1. The van der Waals surface area contributed by atoms with Crippen LogP contribution >= 0.6 is 0 Å². The Labute approximate surface area is 104 Å². The first-order valence-corrected chi connectivity index (χ1v) is 6.34. The van der Waals surface area contributed by atoms with Crippen LogP contribution in [0.25, 0.3) is 5.53 Å². The van der Waals surface area contributed by atoms with Crippen molar-refractivity contribution in [2.45, 2.75) is 4.90 Å². The van der Waals surface area contributed by atoms with Crippen molar-refractivity contribution in [1.82, 2.24) is 0 Å². The molecule has 0 amide bonds. The molecule has 0 saturated carbocycles. The van der Waals surface area contributed by atoms with Crippen LogP contribution in [-0.4, -0.2) is 32.0 Å². The van der Waals surface area contributed by atoms with E-state index < -0.39 is 21.5 Å². The number of methoxy groups -OCH3 is 1. The fraction of sp³-hybridized carbons (Fsp3) is 0.0909. The van der Waals surface area contributed by atoms with Crippen LogP contribution in [0, 0.1) is 0 Å². The lowest BCUT2D eigenvalue weighted by atomic mass is 10.4. The zero-order valence-corrected chi connectivity index (χ0v) is 10.3. The Morgan fingerprint density at radius 1 is 1.33 bits per heavy atom. The van der Waals surface area contributed by atoms with Crippen molar-refractivity contribution in [2.75, 3.05) is 7.11 Å². The smallest absolute Gasteiger partial charge is 0.421 e. The van der Waals surface area contributed by atoms with Crippen molar-refractivity contribution < 1.29 is 22.7 Å². The molecular weight excluding hydrogens is 256 g/mol. The molecule has 0 spiro atoms. The molecule has 6 nitrogen and oxygen atoms in total. The molecule has 0 aliphatic carbocycles. The Morgan fingerprint density at radius 3 is 2.44 bits per heavy atom. The Morgan fingerprint density at radius 2 is 1.94 bits per heavy atom. The third-order valence-electron chi connectivity index (χ3n) is 1.98. The Kier molecular flexibility index (Phi) is 4.53. The molecule has 1 aromatic carbocycles. The number of carbonyl (C=O) groups excluding carboxylic acids is 1. The lowest BCUT2D eigenvalue weighted by Gasteiger charge is -1.96. The molecule has 94 valence electrons. The number of hydrogen-bond acceptors (Lipinski definition) is 4. The maximum absolute atomic E-state index is 11.8. The maximum Gasteiger partial charge on any atom is 0.421 e. The lowest BCUT2D eigenvalue weighted by Crippen LogP contribution is -2.14. The highest BCUT2D eigenvalue weighted by atomic mass is 32.2. The number of esters is 1. The zero-order valence-electron chi connectivity index (χ0n) is 9.48. The normalized spacial score (nSPS) is 10.9. The Bertz CT molecular complexity index is 614. The van der Waals surface area contributed by atoms with E-state index >= 15 is 0 Å². The first-order valence-electron chi connectivity index (χ1n) is 4.80. The van der Waals surface area contributed by atoms with Crippen LogP contribution < -0.4 is 0 Å². The van der Waals surface area contributed by atoms with E-state index in [-0.39, 0.29) is 4.90 Å². The third kappa shape index (κ3) is 3.38. The second-order valence-electron chi connectivity index (χ2n) is 3.14. The van der Waals surface area contributed by atoms with Gasteiger partial charge < -0.3 is 10.3 Å². The average molecular weight is 266 g/mol. The molecule has 0 saturated heterocycles. The molecule has 0 unspecified atom stereocenters. The van der Waals surface area contributed by atoms with Crippen LogP contribution in [0.5, 0.6) is 0 Å². The van der Waals surface area contributed by atoms with E-state index in [1.807, 2.05) is 0 Å². The summed E-state index contributed by atoms with van der Waals surface area (Å²) in [7, 11) is -2.60. The molecule has 0 bridgehead atoms. The number of benzene rings is 1. The highest BCUT2D eigenvalue weighted by Crippen LogP contribution is 2.10. The van der Waals surface area contributed by atoms with Gasteiger partial charge in [-0.25, -0.2) is 13.2 Å². The predicted molar refractivity (Wildman–Crippen MR) is 63.4 cm³/mol. The van der Waals surface area contributed by atoms with Gasteiger partial charge in [0.05, 0.1) is 12.0 Å². The highest BCUT2D eigenvalue weighted by Gasteiger charge is 2.19. The topological polar surface area (TPSA) is 96.8 Å². The Balaban J connectivity index is 3.04. The van der Waals surface area contributed by atoms with Gasteiger partial charge in [0, 0.05) is 11.5 Å². The van der Waals surface area contributed by atoms with Crippen LogP contribution in [0.2, 0.25) is 0 Å². The van der Waals surface area contributed by atoms with Gasteiger partial charge in [-0.15, -0.1) is 0 Å². The summed E-state index contributed by atoms with van der Waals surface area (Å²) in [5.74, 6) is -0.933. The lowest BCUT2D eigenvalue weighted by molar-refractivity contribution is -0.137. The second kappa shape index (κ2) is 5.90. The average Bonchev–Trinajstić information content (AvgIpc) is 2.40. The summed E-state index contributed by atoms with van der Waals surface area (Å²) in [6.45, 7) is 0. The Hall–Kier alpha value is -2.24. The molecule has 1 rings (SSSR count). The van der Waals surface area contributed by atoms with Crippen molar-refractivity contribution in [3.63, 3.8) is 0 Å². The first kappa shape index (κ1) is 13.8. The molecular formula is C11H10N2O4S. The minimum Gasteiger partial charge on any atom is -0.460 e. The highest BCUT2D eigenvalue weighted by molar-refractivity contribution is 7.94. The van der Waals surface area contributed by atoms with Crippen LogP contribution in [0.3, 0.4) is 0 Å². The number of hydrogen-bond donors (Lipinski definition) is 0. The van der Waals surface area contributed by atoms with E-state index in [4.69, 9.17) is 5.53 Å². The molecule has 0 aromatic heterocycles. The summed E-state index contributed by atoms with van der Waals surface area (Å²) in [5.41, 5.74) is 8.03. The summed E-state index contributed by atoms with van der Waals surface area (Å²) in [6, 6.07) is 7.64. The monoisotopic (exact) mass is 266 g/mol. The van der Waals surface area contributed by atoms with Crippen LogP contribution in [-0.2, 0) is 19.4 Å². The molecule has 18 heavy (non-hydrogen) atoms. The summed E-state index contributed by atoms with van der Waals surface area (Å²) in [5, 5.41) is 0.772. The summed E-state index contributed by atoms with van der Waals surface area (Å²) < 4.78 is 27.9. The van der Waals surface area contributed by atoms with Gasteiger partial charge in [0.2, 0.25) is 0 Å². The largest absolute Gasteiger partial charge is 0.460 e. The summed E-state index contributed by atoms with van der Waals surface area (Å²) in [4.78, 5) is 13.8. The summed E-state index contributed by atoms with van der Waals surface area (Å²) >= 11 is 0. The quantitative estimate of drug-likeness (QED) is 0.348. The van der Waals surface area contributed by atoms with Crippen LogP contribution in [0.1, 0.15) is 0 Å². The van der Waals surface area contributed by atoms with Gasteiger partial charge in [-0.2, -0.15) is 4.79 Å². The molecule has 0 atom stereocenters. The van der Waals surface area contributed by atoms with Gasteiger partial charge in [-0.3, -0.25) is 0 Å². The zero-order chi connectivity index (χ0) is 13.6. The summed E-state index contributed by atoms with van der Waals surface area (Å²) in [6.07, 6.45) is 0.869. The van der Waals surface area contributed by atoms with Gasteiger partial charge in [0.25, 0.3) is 0 Å². The molecule has 0 fully saturated rings. The van der Waals surface area contributed by atoms with Gasteiger partial charge in [0.15, 0.2) is 9.84 Å². The van der Waals surface area contributed by atoms with E-state index in [0.717, 1.165) is 18.6 Å². The third-order valence-corrected chi connectivity index (χ3v) is 3.40. The minimum atomic E-state index is -3.69. The fourth-order valence-electron chi connectivity index (χ4n) is 1.09. The van der Waals surface area contributed by atoms with Gasteiger partial charge in [-0.1, -0.05) is 18.2 Å². The molecule has 0 aliphatic heterocycles. The SMILES string of the molecule is COC(=O)C(/C=C/S(=O)(=O)c1ccccc1)=[N+]=[N-]. The number of ether oxygens (including phenoxy) is 1. The van der Waals surface area contributed by atoms with Crippen molar-refractivity contribution in [2.24, 2.45) is 0 Å². The van der Waals surface area contributed by atoms with Gasteiger partial charge in [-0.05, 0) is 12.1 Å². The molecule has 0 aliphatic rings.